The van der Waals surface area contributed by atoms with Gasteiger partial charge in [-0.05, 0) is 10.5 Å². The van der Waals surface area contributed by atoms with Crippen LogP contribution in [0.5, 0.6) is 0 Å². The van der Waals surface area contributed by atoms with Gasteiger partial charge in [0.2, 0.25) is 0 Å². The van der Waals surface area contributed by atoms with Gasteiger partial charge in [0.15, 0.2) is 0 Å². The zero-order valence-electron chi connectivity index (χ0n) is 4.20. The second-order valence-electron chi connectivity index (χ2n) is 1.01. The molecule has 0 aliphatic heterocycles. The third-order valence-corrected chi connectivity index (χ3v) is 0.236. The van der Waals surface area contributed by atoms with Crippen LogP contribution < -0.4 is 0 Å². The first kappa shape index (κ1) is 6.80. The SMILES string of the molecule is CN(O)ON(C)O. The highest BCUT2D eigenvalue weighted by Gasteiger charge is 1.91. The smallest absolute Gasteiger partial charge is 0.0422 e. The van der Waals surface area contributed by atoms with E-state index in [1.807, 2.05) is 0 Å². The Labute approximate surface area is 41.1 Å². The van der Waals surface area contributed by atoms with Crippen molar-refractivity contribution in [2.24, 2.45) is 0 Å². The number of hydrogen-bond acceptors (Lipinski definition) is 5. The van der Waals surface area contributed by atoms with Crippen LogP contribution in [0.15, 0.2) is 0 Å². The van der Waals surface area contributed by atoms with E-state index >= 15 is 0 Å². The summed E-state index contributed by atoms with van der Waals surface area (Å²) in [5, 5.41) is 17.0. The fourth-order valence-electron chi connectivity index (χ4n) is 0.171. The first-order valence-corrected chi connectivity index (χ1v) is 1.66. The molecule has 0 bridgehead atoms. The van der Waals surface area contributed by atoms with Crippen LogP contribution in [0.25, 0.3) is 0 Å². The van der Waals surface area contributed by atoms with Crippen molar-refractivity contribution in [2.75, 3.05) is 14.1 Å². The molecule has 0 aliphatic carbocycles. The van der Waals surface area contributed by atoms with E-state index in [9.17, 15) is 0 Å². The summed E-state index contributed by atoms with van der Waals surface area (Å²) in [7, 11) is 2.46. The van der Waals surface area contributed by atoms with Gasteiger partial charge in [0.05, 0.1) is 0 Å². The predicted molar refractivity (Wildman–Crippen MR) is 20.2 cm³/mol. The Morgan fingerprint density at radius 2 is 1.43 bits per heavy atom. The topological polar surface area (TPSA) is 56.2 Å². The van der Waals surface area contributed by atoms with Crippen molar-refractivity contribution in [1.29, 1.82) is 0 Å². The maximum Gasteiger partial charge on any atom is 0.0422 e. The van der Waals surface area contributed by atoms with E-state index in [2.05, 4.69) is 4.94 Å². The molecular weight excluding hydrogens is 100 g/mol. The van der Waals surface area contributed by atoms with Gasteiger partial charge in [-0.15, -0.1) is 0 Å². The summed E-state index contributed by atoms with van der Waals surface area (Å²) in [6.07, 6.45) is 0. The maximum absolute atomic E-state index is 8.13. The van der Waals surface area contributed by atoms with Crippen molar-refractivity contribution in [2.45, 2.75) is 0 Å². The largest absolute Gasteiger partial charge is 0.288 e. The van der Waals surface area contributed by atoms with Crippen LogP contribution >= 0.6 is 0 Å². The zero-order chi connectivity index (χ0) is 5.86. The van der Waals surface area contributed by atoms with Crippen LogP contribution in [0, 0.1) is 0 Å². The summed E-state index contributed by atoms with van der Waals surface area (Å²) in [5.74, 6) is 0. The van der Waals surface area contributed by atoms with Gasteiger partial charge in [-0.2, -0.15) is 4.94 Å². The summed E-state index contributed by atoms with van der Waals surface area (Å²) in [6, 6.07) is 0. The molecule has 0 spiro atoms. The average molecular weight is 108 g/mol. The van der Waals surface area contributed by atoms with Crippen molar-refractivity contribution in [3.05, 3.63) is 0 Å². The van der Waals surface area contributed by atoms with Gasteiger partial charge in [0.1, 0.15) is 0 Å². The number of hydroxylamine groups is 4. The van der Waals surface area contributed by atoms with E-state index in [4.69, 9.17) is 10.4 Å². The number of nitrogens with zero attached hydrogens (tertiary/aromatic N) is 2. The van der Waals surface area contributed by atoms with E-state index in [-0.39, 0.29) is 0 Å². The molecule has 0 atom stereocenters. The molecule has 0 heterocycles. The van der Waals surface area contributed by atoms with Crippen LogP contribution in [0.3, 0.4) is 0 Å². The Balaban J connectivity index is 2.95. The number of rotatable bonds is 2. The molecule has 0 aromatic carbocycles. The van der Waals surface area contributed by atoms with Crippen LogP contribution in [0.2, 0.25) is 0 Å². The van der Waals surface area contributed by atoms with Gasteiger partial charge in [-0.1, -0.05) is 0 Å². The molecule has 0 unspecified atom stereocenters. The molecule has 0 fully saturated rings. The summed E-state index contributed by atoms with van der Waals surface area (Å²) in [5.41, 5.74) is 0. The minimum absolute atomic E-state index is 0.375. The lowest BCUT2D eigenvalue weighted by molar-refractivity contribution is -0.493. The number of hydrogen-bond donors (Lipinski definition) is 2. The molecule has 0 saturated carbocycles. The summed E-state index contributed by atoms with van der Waals surface area (Å²) >= 11 is 0. The average Bonchev–Trinajstić information content (AvgIpc) is 1.27. The standard InChI is InChI=1S/C2H8N2O3/c1-3(5)7-4(2)6/h5-6H,1-2H3. The van der Waals surface area contributed by atoms with Gasteiger partial charge in [0, 0.05) is 14.1 Å². The highest BCUT2D eigenvalue weighted by atomic mass is 17.1. The van der Waals surface area contributed by atoms with Crippen LogP contribution in [0.4, 0.5) is 0 Å². The zero-order valence-corrected chi connectivity index (χ0v) is 4.20. The van der Waals surface area contributed by atoms with Crippen LogP contribution in [-0.2, 0) is 4.94 Å². The van der Waals surface area contributed by atoms with Crippen molar-refractivity contribution < 1.29 is 15.4 Å². The Bertz CT molecular complexity index is 40.2. The highest BCUT2D eigenvalue weighted by Crippen LogP contribution is 1.77. The van der Waals surface area contributed by atoms with Gasteiger partial charge >= 0.3 is 0 Å². The van der Waals surface area contributed by atoms with Gasteiger partial charge in [-0.3, -0.25) is 10.4 Å². The highest BCUT2D eigenvalue weighted by molar-refractivity contribution is 3.83. The lowest BCUT2D eigenvalue weighted by Gasteiger charge is -2.10. The Kier molecular flexibility index (Phi) is 2.81. The molecule has 7 heavy (non-hydrogen) atoms. The molecule has 0 rings (SSSR count). The Morgan fingerprint density at radius 1 is 1.14 bits per heavy atom. The van der Waals surface area contributed by atoms with Crippen molar-refractivity contribution >= 4 is 0 Å². The quantitative estimate of drug-likeness (QED) is 0.466. The molecule has 0 aromatic rings. The molecule has 5 heteroatoms. The van der Waals surface area contributed by atoms with Gasteiger partial charge < -0.3 is 0 Å². The van der Waals surface area contributed by atoms with Gasteiger partial charge in [0.25, 0.3) is 0 Å². The molecule has 0 saturated heterocycles. The second kappa shape index (κ2) is 2.89. The van der Waals surface area contributed by atoms with Crippen LogP contribution in [0.1, 0.15) is 0 Å². The van der Waals surface area contributed by atoms with Crippen LogP contribution in [-0.4, -0.2) is 35.0 Å². The van der Waals surface area contributed by atoms with E-state index in [0.29, 0.717) is 10.5 Å². The summed E-state index contributed by atoms with van der Waals surface area (Å²) in [4.78, 5) is 4.03. The van der Waals surface area contributed by atoms with Crippen molar-refractivity contribution in [3.8, 4) is 0 Å². The van der Waals surface area contributed by atoms with Crippen molar-refractivity contribution in [1.82, 2.24) is 10.5 Å². The van der Waals surface area contributed by atoms with E-state index < -0.39 is 0 Å². The molecule has 5 nitrogen and oxygen atoms in total. The summed E-state index contributed by atoms with van der Waals surface area (Å²) in [6.45, 7) is 0. The molecule has 0 amide bonds. The fourth-order valence-corrected chi connectivity index (χ4v) is 0.171. The van der Waals surface area contributed by atoms with Gasteiger partial charge in [-0.25, -0.2) is 0 Å². The van der Waals surface area contributed by atoms with E-state index in [0.717, 1.165) is 0 Å². The first-order chi connectivity index (χ1) is 3.13. The predicted octanol–water partition coefficient (Wildman–Crippen LogP) is -0.525. The maximum atomic E-state index is 8.13. The molecule has 0 aliphatic rings. The van der Waals surface area contributed by atoms with E-state index in [1.165, 1.54) is 14.1 Å². The molecule has 44 valence electrons. The molecule has 2 N–H and O–H groups in total. The molecule has 0 radical (unpaired) electrons. The lowest BCUT2D eigenvalue weighted by atomic mass is 11.5. The fraction of sp³-hybridized carbons (Fsp3) is 1.00. The normalized spacial score (nSPS) is 11.1. The molecular formula is C2H8N2O3. The van der Waals surface area contributed by atoms with E-state index in [1.54, 1.807) is 0 Å². The first-order valence-electron chi connectivity index (χ1n) is 1.66. The lowest BCUT2D eigenvalue weighted by Crippen LogP contribution is -2.24. The monoisotopic (exact) mass is 108 g/mol. The third kappa shape index (κ3) is 5.80. The minimum atomic E-state index is 0.375. The van der Waals surface area contributed by atoms with Crippen molar-refractivity contribution in [3.63, 3.8) is 0 Å². The minimum Gasteiger partial charge on any atom is -0.288 e. The molecule has 0 aromatic heterocycles. The second-order valence-corrected chi connectivity index (χ2v) is 1.01. The Morgan fingerprint density at radius 3 is 1.43 bits per heavy atom. The third-order valence-electron chi connectivity index (χ3n) is 0.236. The summed E-state index contributed by atoms with van der Waals surface area (Å²) < 4.78 is 0. The Hall–Kier alpha value is -0.200.